The molecule has 1 aromatic heterocycles. The predicted molar refractivity (Wildman–Crippen MR) is 172 cm³/mol. The zero-order chi connectivity index (χ0) is 31.2. The van der Waals surface area contributed by atoms with Crippen LogP contribution in [0.2, 0.25) is 0 Å². The van der Waals surface area contributed by atoms with Gasteiger partial charge in [-0.25, -0.2) is 9.97 Å². The second kappa shape index (κ2) is 14.0. The van der Waals surface area contributed by atoms with Crippen LogP contribution in [0.1, 0.15) is 13.8 Å². The Morgan fingerprint density at radius 1 is 0.932 bits per heavy atom. The highest BCUT2D eigenvalue weighted by Gasteiger charge is 2.22. The van der Waals surface area contributed by atoms with Crippen molar-refractivity contribution in [2.75, 3.05) is 61.9 Å². The summed E-state index contributed by atoms with van der Waals surface area (Å²) in [5, 5.41) is 6.11. The van der Waals surface area contributed by atoms with Gasteiger partial charge in [-0.15, -0.1) is 0 Å². The van der Waals surface area contributed by atoms with Gasteiger partial charge in [0.15, 0.2) is 11.6 Å². The molecule has 232 valence electrons. The van der Waals surface area contributed by atoms with Crippen LogP contribution in [-0.2, 0) is 16.1 Å². The third-order valence-electron chi connectivity index (χ3n) is 7.38. The minimum Gasteiger partial charge on any atom is -0.755 e. The van der Waals surface area contributed by atoms with Gasteiger partial charge in [-0.05, 0) is 44.2 Å². The Morgan fingerprint density at radius 3 is 2.20 bits per heavy atom. The van der Waals surface area contributed by atoms with Crippen molar-refractivity contribution >= 4 is 56.9 Å². The van der Waals surface area contributed by atoms with Gasteiger partial charge in [-0.1, -0.05) is 18.2 Å². The normalized spacial score (nSPS) is 14.8. The Bertz CT molecular complexity index is 1620. The van der Waals surface area contributed by atoms with Gasteiger partial charge >= 0.3 is 0 Å². The number of hydrogen-bond donors (Lipinski definition) is 2. The van der Waals surface area contributed by atoms with Crippen molar-refractivity contribution in [3.63, 3.8) is 0 Å². The Balaban J connectivity index is 1.44. The zero-order valence-electron chi connectivity index (χ0n) is 25.1. The molecule has 1 unspecified atom stereocenters. The average Bonchev–Trinajstić information content (AvgIpc) is 3.01. The van der Waals surface area contributed by atoms with Gasteiger partial charge in [0.25, 0.3) is 0 Å². The number of carbonyl (C=O) groups is 1. The average molecular weight is 619 g/mol. The van der Waals surface area contributed by atoms with Gasteiger partial charge in [0.05, 0.1) is 48.8 Å². The highest BCUT2D eigenvalue weighted by molar-refractivity contribution is 7.81. The number of piperazine rings is 1. The molecule has 5 rings (SSSR count). The molecule has 0 bridgehead atoms. The lowest BCUT2D eigenvalue weighted by Crippen LogP contribution is -2.50. The predicted octanol–water partition coefficient (Wildman–Crippen LogP) is 4.29. The molecule has 1 aliphatic heterocycles. The van der Waals surface area contributed by atoms with Crippen molar-refractivity contribution in [1.82, 2.24) is 19.8 Å². The Hall–Kier alpha value is -4.30. The third-order valence-corrected chi connectivity index (χ3v) is 8.06. The molecule has 0 radical (unpaired) electrons. The number of amides is 1. The number of rotatable bonds is 11. The van der Waals surface area contributed by atoms with Crippen molar-refractivity contribution in [2.24, 2.45) is 0 Å². The van der Waals surface area contributed by atoms with E-state index in [1.54, 1.807) is 74.9 Å². The fourth-order valence-electron chi connectivity index (χ4n) is 5.06. The third kappa shape index (κ3) is 7.42. The van der Waals surface area contributed by atoms with Crippen LogP contribution >= 0.6 is 0 Å². The number of anilines is 5. The Kier molecular flexibility index (Phi) is 9.90. The van der Waals surface area contributed by atoms with Gasteiger partial charge in [-0.2, -0.15) is 0 Å². The molecule has 1 aliphatic rings. The van der Waals surface area contributed by atoms with Crippen LogP contribution in [0.3, 0.4) is 0 Å². The van der Waals surface area contributed by atoms with E-state index < -0.39 is 11.3 Å². The molecule has 0 aliphatic carbocycles. The Labute approximate surface area is 259 Å². The van der Waals surface area contributed by atoms with E-state index in [4.69, 9.17) is 14.5 Å². The first-order valence-electron chi connectivity index (χ1n) is 14.3. The summed E-state index contributed by atoms with van der Waals surface area (Å²) in [6.45, 7) is 8.04. The molecule has 12 nitrogen and oxygen atoms in total. The SMILES string of the molecule is COc1cc(Nc2nc3ccccc3nc2N(c2cccc(NC(=O)CN3CCN(C(C)C)CC3)c2)S(=O)[O-])cc(OC)c1. The summed E-state index contributed by atoms with van der Waals surface area (Å²) >= 11 is -2.80. The lowest BCUT2D eigenvalue weighted by molar-refractivity contribution is -0.117. The zero-order valence-corrected chi connectivity index (χ0v) is 26.0. The van der Waals surface area contributed by atoms with Crippen molar-refractivity contribution < 1.29 is 23.0 Å². The summed E-state index contributed by atoms with van der Waals surface area (Å²) in [5.41, 5.74) is 2.37. The molecule has 1 amide bonds. The van der Waals surface area contributed by atoms with Crippen molar-refractivity contribution in [3.8, 4) is 11.5 Å². The number of carbonyl (C=O) groups excluding carboxylic acids is 1. The molecule has 4 aromatic rings. The lowest BCUT2D eigenvalue weighted by Gasteiger charge is -2.36. The number of nitrogens with one attached hydrogen (secondary N) is 2. The van der Waals surface area contributed by atoms with Crippen molar-refractivity contribution in [1.29, 1.82) is 0 Å². The maximum atomic E-state index is 12.9. The largest absolute Gasteiger partial charge is 0.755 e. The summed E-state index contributed by atoms with van der Waals surface area (Å²) in [6, 6.07) is 19.5. The maximum absolute atomic E-state index is 12.9. The van der Waals surface area contributed by atoms with Gasteiger partial charge in [0.2, 0.25) is 5.91 Å². The molecule has 1 atom stereocenters. The van der Waals surface area contributed by atoms with E-state index >= 15 is 0 Å². The molecule has 1 fully saturated rings. The quantitative estimate of drug-likeness (QED) is 0.235. The number of benzene rings is 3. The number of ether oxygens (including phenoxy) is 2. The minimum atomic E-state index is -2.80. The first kappa shape index (κ1) is 31.1. The van der Waals surface area contributed by atoms with Crippen LogP contribution < -0.4 is 24.4 Å². The van der Waals surface area contributed by atoms with E-state index in [0.29, 0.717) is 39.9 Å². The number of hydrogen-bond acceptors (Lipinski definition) is 10. The summed E-state index contributed by atoms with van der Waals surface area (Å²) in [4.78, 5) is 26.8. The summed E-state index contributed by atoms with van der Waals surface area (Å²) in [6.07, 6.45) is 0. The number of nitrogens with zero attached hydrogens (tertiary/aromatic N) is 5. The van der Waals surface area contributed by atoms with Gasteiger partial charge in [-0.3, -0.25) is 23.1 Å². The Morgan fingerprint density at radius 2 is 1.59 bits per heavy atom. The minimum absolute atomic E-state index is 0.0466. The van der Waals surface area contributed by atoms with Crippen LogP contribution in [0.4, 0.5) is 28.7 Å². The summed E-state index contributed by atoms with van der Waals surface area (Å²) < 4.78 is 37.4. The number of fused-ring (bicyclic) bond motifs is 1. The van der Waals surface area contributed by atoms with Crippen LogP contribution in [0, 0.1) is 0 Å². The second-order valence-electron chi connectivity index (χ2n) is 10.6. The van der Waals surface area contributed by atoms with E-state index in [1.807, 2.05) is 6.07 Å². The smallest absolute Gasteiger partial charge is 0.238 e. The molecule has 44 heavy (non-hydrogen) atoms. The highest BCUT2D eigenvalue weighted by atomic mass is 32.2. The maximum Gasteiger partial charge on any atom is 0.238 e. The first-order valence-corrected chi connectivity index (χ1v) is 15.3. The summed E-state index contributed by atoms with van der Waals surface area (Å²) in [7, 11) is 3.08. The van der Waals surface area contributed by atoms with Crippen LogP contribution in [0.5, 0.6) is 11.5 Å². The fraction of sp³-hybridized carbons (Fsp3) is 0.323. The molecule has 2 heterocycles. The molecule has 13 heteroatoms. The van der Waals surface area contributed by atoms with Crippen molar-refractivity contribution in [3.05, 3.63) is 66.7 Å². The monoisotopic (exact) mass is 618 g/mol. The van der Waals surface area contributed by atoms with Crippen LogP contribution in [0.15, 0.2) is 66.7 Å². The summed E-state index contributed by atoms with van der Waals surface area (Å²) in [5.74, 6) is 1.14. The molecule has 2 N–H and O–H groups in total. The van der Waals surface area contributed by atoms with E-state index in [1.165, 1.54) is 0 Å². The molecular formula is C31H36N7O5S-. The van der Waals surface area contributed by atoms with E-state index in [9.17, 15) is 13.6 Å². The van der Waals surface area contributed by atoms with E-state index in [2.05, 4.69) is 39.3 Å². The molecule has 1 saturated heterocycles. The second-order valence-corrected chi connectivity index (χ2v) is 11.4. The van der Waals surface area contributed by atoms with E-state index in [-0.39, 0.29) is 29.8 Å². The van der Waals surface area contributed by atoms with Gasteiger partial charge in [0, 0.05) is 61.8 Å². The van der Waals surface area contributed by atoms with Gasteiger partial charge in [0.1, 0.15) is 11.5 Å². The molecular weight excluding hydrogens is 582 g/mol. The molecule has 0 saturated carbocycles. The number of methoxy groups -OCH3 is 2. The van der Waals surface area contributed by atoms with Crippen LogP contribution in [-0.4, -0.2) is 87.4 Å². The van der Waals surface area contributed by atoms with Crippen LogP contribution in [0.25, 0.3) is 11.0 Å². The molecule has 0 spiro atoms. The standard InChI is InChI=1S/C31H37N7O5S/c1-21(2)37-14-12-36(13-15-37)20-29(39)32-22-8-7-9-24(16-22)38(44(40)41)31-30(34-27-10-5-6-11-28(27)35-31)33-23-17-25(42-3)19-26(18-23)43-4/h5-11,16-19,21H,12-15,20H2,1-4H3,(H,32,39)(H,33,34)(H,40,41)/p-1. The molecule has 3 aromatic carbocycles. The first-order chi connectivity index (χ1) is 21.2. The number of para-hydroxylation sites is 2. The lowest BCUT2D eigenvalue weighted by atomic mass is 10.2. The highest BCUT2D eigenvalue weighted by Crippen LogP contribution is 2.36. The van der Waals surface area contributed by atoms with E-state index in [0.717, 1.165) is 30.5 Å². The fourth-order valence-corrected chi connectivity index (χ4v) is 5.62. The van der Waals surface area contributed by atoms with Crippen molar-refractivity contribution in [2.45, 2.75) is 19.9 Å². The van der Waals surface area contributed by atoms with Gasteiger partial charge < -0.3 is 24.7 Å². The topological polar surface area (TPSA) is 135 Å². The number of aromatic nitrogens is 2.